The van der Waals surface area contributed by atoms with Gasteiger partial charge in [-0.2, -0.15) is 0 Å². The molecule has 0 amide bonds. The normalized spacial score (nSPS) is 11.0. The molecule has 3 rings (SSSR count). The van der Waals surface area contributed by atoms with Gasteiger partial charge in [0.15, 0.2) is 5.78 Å². The molecule has 2 heterocycles. The van der Waals surface area contributed by atoms with E-state index >= 15 is 0 Å². The van der Waals surface area contributed by atoms with Crippen LogP contribution in [0.4, 0.5) is 0 Å². The van der Waals surface area contributed by atoms with Crippen molar-refractivity contribution in [2.24, 2.45) is 5.73 Å². The van der Waals surface area contributed by atoms with E-state index in [1.807, 2.05) is 31.3 Å². The summed E-state index contributed by atoms with van der Waals surface area (Å²) in [6, 6.07) is 9.93. The van der Waals surface area contributed by atoms with Crippen LogP contribution >= 0.6 is 15.9 Å². The fourth-order valence-corrected chi connectivity index (χ4v) is 2.43. The van der Waals surface area contributed by atoms with Gasteiger partial charge in [0.1, 0.15) is 0 Å². The Hall–Kier alpha value is -2.40. The largest absolute Gasteiger partial charge is 0.402 e. The number of hydrogen-bond donors (Lipinski definition) is 2. The van der Waals surface area contributed by atoms with Crippen molar-refractivity contribution in [1.29, 1.82) is 0 Å². The van der Waals surface area contributed by atoms with Crippen LogP contribution in [0.15, 0.2) is 59.1 Å². The summed E-state index contributed by atoms with van der Waals surface area (Å²) in [7, 11) is 0. The molecule has 1 aromatic carbocycles. The number of halogens is 1. The number of carbonyl (C=O) groups excluding carboxylic acids is 1. The number of rotatable bonds is 2. The van der Waals surface area contributed by atoms with Crippen molar-refractivity contribution < 1.29 is 4.79 Å². The number of nitrogens with two attached hydrogens (primary N) is 1. The molecule has 0 aliphatic carbocycles. The number of pyridine rings is 1. The standard InChI is InChI=1S/C11H12N2.C7H6BrNO/c1-8(12)6-9-7-13-11-5-3-2-4-10(9)11;1-5(10)6-2-7(8)4-9-3-6/h2-7,13H,12H2,1H3;2-4H,1H3. The van der Waals surface area contributed by atoms with Crippen LogP contribution in [-0.2, 0) is 0 Å². The zero-order chi connectivity index (χ0) is 16.8. The summed E-state index contributed by atoms with van der Waals surface area (Å²) in [5.41, 5.74) is 9.38. The van der Waals surface area contributed by atoms with Gasteiger partial charge in [0.2, 0.25) is 0 Å². The lowest BCUT2D eigenvalue weighted by molar-refractivity contribution is 0.101. The molecular weight excluding hydrogens is 354 g/mol. The van der Waals surface area contributed by atoms with E-state index in [-0.39, 0.29) is 5.78 Å². The summed E-state index contributed by atoms with van der Waals surface area (Å²) in [5, 5.41) is 1.22. The van der Waals surface area contributed by atoms with Gasteiger partial charge in [-0.1, -0.05) is 18.2 Å². The maximum absolute atomic E-state index is 10.7. The first-order chi connectivity index (χ1) is 11.0. The molecule has 0 atom stereocenters. The third-order valence-corrected chi connectivity index (χ3v) is 3.55. The van der Waals surface area contributed by atoms with Crippen LogP contribution in [0.2, 0.25) is 0 Å². The number of Topliss-reactive ketones (excluding diaryl/α,β-unsaturated/α-hetero) is 1. The van der Waals surface area contributed by atoms with Crippen LogP contribution in [0, 0.1) is 0 Å². The van der Waals surface area contributed by atoms with Crippen LogP contribution in [0.25, 0.3) is 17.0 Å². The summed E-state index contributed by atoms with van der Waals surface area (Å²) in [4.78, 5) is 17.8. The number of allylic oxidation sites excluding steroid dienone is 1. The highest BCUT2D eigenvalue weighted by molar-refractivity contribution is 9.10. The predicted molar refractivity (Wildman–Crippen MR) is 98.1 cm³/mol. The van der Waals surface area contributed by atoms with Crippen molar-refractivity contribution in [2.75, 3.05) is 0 Å². The first kappa shape index (κ1) is 17.0. The minimum Gasteiger partial charge on any atom is -0.402 e. The van der Waals surface area contributed by atoms with Gasteiger partial charge in [0.05, 0.1) is 0 Å². The molecule has 0 aliphatic heterocycles. The Morgan fingerprint density at radius 3 is 2.61 bits per heavy atom. The zero-order valence-corrected chi connectivity index (χ0v) is 14.6. The Labute approximate surface area is 143 Å². The molecule has 5 heteroatoms. The average Bonchev–Trinajstić information content (AvgIpc) is 2.91. The summed E-state index contributed by atoms with van der Waals surface area (Å²) in [6.45, 7) is 3.41. The number of benzene rings is 1. The molecule has 0 saturated carbocycles. The molecule has 118 valence electrons. The fourth-order valence-electron chi connectivity index (χ4n) is 2.06. The van der Waals surface area contributed by atoms with Gasteiger partial charge in [-0.15, -0.1) is 0 Å². The SMILES string of the molecule is CC(=O)c1cncc(Br)c1.CC(N)=Cc1c[nH]c2ccccc12. The van der Waals surface area contributed by atoms with Gasteiger partial charge in [-0.05, 0) is 48.0 Å². The van der Waals surface area contributed by atoms with Gasteiger partial charge in [0, 0.05) is 50.8 Å². The van der Waals surface area contributed by atoms with Crippen molar-refractivity contribution in [3.63, 3.8) is 0 Å². The molecule has 0 saturated heterocycles. The fraction of sp³-hybridized carbons (Fsp3) is 0.111. The van der Waals surface area contributed by atoms with Crippen molar-refractivity contribution in [1.82, 2.24) is 9.97 Å². The summed E-state index contributed by atoms with van der Waals surface area (Å²) in [5.74, 6) is 0.0359. The van der Waals surface area contributed by atoms with Crippen LogP contribution in [0.1, 0.15) is 29.8 Å². The van der Waals surface area contributed by atoms with Gasteiger partial charge in [-0.25, -0.2) is 0 Å². The predicted octanol–water partition coefficient (Wildman–Crippen LogP) is 4.53. The summed E-state index contributed by atoms with van der Waals surface area (Å²) >= 11 is 3.22. The minimum absolute atomic E-state index is 0.0359. The van der Waals surface area contributed by atoms with Gasteiger partial charge in [-0.3, -0.25) is 9.78 Å². The van der Waals surface area contributed by atoms with Crippen molar-refractivity contribution in [3.8, 4) is 0 Å². The second kappa shape index (κ2) is 7.74. The molecule has 0 bridgehead atoms. The van der Waals surface area contributed by atoms with Crippen LogP contribution in [0.5, 0.6) is 0 Å². The number of aromatic amines is 1. The number of ketones is 1. The van der Waals surface area contributed by atoms with E-state index in [4.69, 9.17) is 5.73 Å². The van der Waals surface area contributed by atoms with Crippen LogP contribution in [0.3, 0.4) is 0 Å². The Balaban J connectivity index is 0.000000174. The maximum Gasteiger partial charge on any atom is 0.161 e. The maximum atomic E-state index is 10.7. The Morgan fingerprint density at radius 1 is 1.26 bits per heavy atom. The average molecular weight is 372 g/mol. The quantitative estimate of drug-likeness (QED) is 0.649. The van der Waals surface area contributed by atoms with Gasteiger partial charge in [0.25, 0.3) is 0 Å². The first-order valence-corrected chi connectivity index (χ1v) is 7.88. The van der Waals surface area contributed by atoms with E-state index in [0.29, 0.717) is 5.56 Å². The first-order valence-electron chi connectivity index (χ1n) is 7.08. The molecule has 0 unspecified atom stereocenters. The number of para-hydroxylation sites is 1. The van der Waals surface area contributed by atoms with Crippen LogP contribution in [-0.4, -0.2) is 15.8 Å². The minimum atomic E-state index is 0.0359. The van der Waals surface area contributed by atoms with Gasteiger partial charge >= 0.3 is 0 Å². The lowest BCUT2D eigenvalue weighted by Crippen LogP contribution is -1.91. The molecule has 3 aromatic rings. The number of nitrogens with zero attached hydrogens (tertiary/aromatic N) is 1. The molecule has 0 fully saturated rings. The molecular formula is C18H18BrN3O. The van der Waals surface area contributed by atoms with Crippen molar-refractivity contribution >= 4 is 38.7 Å². The Kier molecular flexibility index (Phi) is 5.71. The van der Waals surface area contributed by atoms with Gasteiger partial charge < -0.3 is 10.7 Å². The smallest absolute Gasteiger partial charge is 0.161 e. The van der Waals surface area contributed by atoms with E-state index in [2.05, 4.69) is 38.0 Å². The van der Waals surface area contributed by atoms with Crippen LogP contribution < -0.4 is 5.73 Å². The lowest BCUT2D eigenvalue weighted by Gasteiger charge is -1.92. The highest BCUT2D eigenvalue weighted by Gasteiger charge is 1.99. The van der Waals surface area contributed by atoms with E-state index in [1.165, 1.54) is 12.3 Å². The third kappa shape index (κ3) is 4.79. The van der Waals surface area contributed by atoms with Crippen molar-refractivity contribution in [2.45, 2.75) is 13.8 Å². The van der Waals surface area contributed by atoms with E-state index in [9.17, 15) is 4.79 Å². The number of nitrogens with one attached hydrogen (secondary N) is 1. The monoisotopic (exact) mass is 371 g/mol. The van der Waals surface area contributed by atoms with E-state index < -0.39 is 0 Å². The molecule has 0 spiro atoms. The number of aromatic nitrogens is 2. The topological polar surface area (TPSA) is 71.8 Å². The number of fused-ring (bicyclic) bond motifs is 1. The molecule has 4 nitrogen and oxygen atoms in total. The Morgan fingerprint density at radius 2 is 2.00 bits per heavy atom. The summed E-state index contributed by atoms with van der Waals surface area (Å²) < 4.78 is 0.834. The highest BCUT2D eigenvalue weighted by atomic mass is 79.9. The molecule has 0 radical (unpaired) electrons. The second-order valence-corrected chi connectivity index (χ2v) is 6.04. The second-order valence-electron chi connectivity index (χ2n) is 5.13. The highest BCUT2D eigenvalue weighted by Crippen LogP contribution is 2.19. The Bertz CT molecular complexity index is 848. The van der Waals surface area contributed by atoms with E-state index in [0.717, 1.165) is 21.2 Å². The molecule has 3 N–H and O–H groups in total. The zero-order valence-electron chi connectivity index (χ0n) is 13.0. The summed E-state index contributed by atoms with van der Waals surface area (Å²) in [6.07, 6.45) is 7.14. The molecule has 0 aliphatic rings. The molecule has 23 heavy (non-hydrogen) atoms. The number of H-pyrrole nitrogens is 1. The van der Waals surface area contributed by atoms with Crippen molar-refractivity contribution in [3.05, 3.63) is 70.2 Å². The third-order valence-electron chi connectivity index (χ3n) is 3.12. The lowest BCUT2D eigenvalue weighted by atomic mass is 10.1. The van der Waals surface area contributed by atoms with E-state index in [1.54, 1.807) is 18.5 Å². The molecule has 2 aromatic heterocycles. The number of hydrogen-bond acceptors (Lipinski definition) is 3. The number of carbonyl (C=O) groups is 1.